The first-order valence-electron chi connectivity index (χ1n) is 11.8. The van der Waals surface area contributed by atoms with Crippen molar-refractivity contribution in [2.75, 3.05) is 26.2 Å². The van der Waals surface area contributed by atoms with Crippen LogP contribution in [0.15, 0.2) is 54.6 Å². The molecule has 0 radical (unpaired) electrons. The normalized spacial score (nSPS) is 19.8. The van der Waals surface area contributed by atoms with E-state index in [1.54, 1.807) is 12.1 Å². The van der Waals surface area contributed by atoms with E-state index < -0.39 is 0 Å². The number of aromatic nitrogens is 4. The highest BCUT2D eigenvalue weighted by Gasteiger charge is 2.34. The highest BCUT2D eigenvalue weighted by molar-refractivity contribution is 5.27. The quantitative estimate of drug-likeness (QED) is 0.581. The van der Waals surface area contributed by atoms with Crippen LogP contribution in [0.2, 0.25) is 0 Å². The van der Waals surface area contributed by atoms with Crippen molar-refractivity contribution in [3.05, 3.63) is 77.4 Å². The van der Waals surface area contributed by atoms with E-state index in [4.69, 9.17) is 0 Å². The molecule has 168 valence electrons. The third-order valence-electron chi connectivity index (χ3n) is 6.90. The van der Waals surface area contributed by atoms with Crippen molar-refractivity contribution in [1.29, 1.82) is 0 Å². The van der Waals surface area contributed by atoms with Gasteiger partial charge in [0.25, 0.3) is 0 Å². The van der Waals surface area contributed by atoms with E-state index in [1.165, 1.54) is 24.8 Å². The van der Waals surface area contributed by atoms with Gasteiger partial charge in [-0.25, -0.2) is 9.07 Å². The number of hydrogen-bond acceptors (Lipinski definition) is 5. The van der Waals surface area contributed by atoms with Crippen LogP contribution in [-0.2, 0) is 6.54 Å². The van der Waals surface area contributed by atoms with Gasteiger partial charge in [-0.3, -0.25) is 9.80 Å². The van der Waals surface area contributed by atoms with Crippen LogP contribution >= 0.6 is 0 Å². The lowest BCUT2D eigenvalue weighted by Gasteiger charge is -2.39. The molecule has 1 aromatic heterocycles. The monoisotopic (exact) mass is 434 g/mol. The van der Waals surface area contributed by atoms with Crippen molar-refractivity contribution in [3.63, 3.8) is 0 Å². The number of benzene rings is 2. The summed E-state index contributed by atoms with van der Waals surface area (Å²) in [4.78, 5) is 4.82. The van der Waals surface area contributed by atoms with Crippen LogP contribution in [0, 0.1) is 5.82 Å². The second kappa shape index (κ2) is 9.88. The number of halogens is 1. The molecule has 0 spiro atoms. The van der Waals surface area contributed by atoms with Gasteiger partial charge >= 0.3 is 0 Å². The summed E-state index contributed by atoms with van der Waals surface area (Å²) in [5, 5.41) is 12.9. The lowest BCUT2D eigenvalue weighted by Crippen LogP contribution is -2.48. The third kappa shape index (κ3) is 4.59. The minimum atomic E-state index is -0.271. The number of hydrogen-bond donors (Lipinski definition) is 0. The Hall–Kier alpha value is -2.64. The smallest absolute Gasteiger partial charge is 0.173 e. The predicted octanol–water partition coefficient (Wildman–Crippen LogP) is 4.22. The van der Waals surface area contributed by atoms with Crippen LogP contribution in [0.4, 0.5) is 4.39 Å². The van der Waals surface area contributed by atoms with Crippen molar-refractivity contribution >= 4 is 0 Å². The fourth-order valence-corrected chi connectivity index (χ4v) is 5.18. The van der Waals surface area contributed by atoms with Crippen molar-refractivity contribution in [1.82, 2.24) is 30.0 Å². The summed E-state index contributed by atoms with van der Waals surface area (Å²) in [6.07, 6.45) is 5.85. The maximum atomic E-state index is 15.0. The Morgan fingerprint density at radius 3 is 2.34 bits per heavy atom. The fourth-order valence-electron chi connectivity index (χ4n) is 5.18. The lowest BCUT2D eigenvalue weighted by atomic mass is 9.95. The summed E-state index contributed by atoms with van der Waals surface area (Å²) in [5.41, 5.74) is 1.99. The van der Waals surface area contributed by atoms with E-state index in [2.05, 4.69) is 55.7 Å². The summed E-state index contributed by atoms with van der Waals surface area (Å²) in [5.74, 6) is 0.584. The molecule has 2 aliphatic rings. The molecule has 6 nitrogen and oxygen atoms in total. The van der Waals surface area contributed by atoms with Gasteiger partial charge in [0.15, 0.2) is 5.82 Å². The second-order valence-corrected chi connectivity index (χ2v) is 9.00. The van der Waals surface area contributed by atoms with Crippen LogP contribution in [0.25, 0.3) is 0 Å². The van der Waals surface area contributed by atoms with Crippen LogP contribution in [0.1, 0.15) is 61.1 Å². The Morgan fingerprint density at radius 1 is 0.875 bits per heavy atom. The van der Waals surface area contributed by atoms with E-state index >= 15 is 4.39 Å². The van der Waals surface area contributed by atoms with Gasteiger partial charge in [-0.15, -0.1) is 5.10 Å². The van der Waals surface area contributed by atoms with Crippen molar-refractivity contribution in [2.45, 2.75) is 50.7 Å². The molecule has 0 bridgehead atoms. The topological polar surface area (TPSA) is 50.1 Å². The molecular formula is C25H31FN6. The first kappa shape index (κ1) is 21.2. The number of rotatable bonds is 6. The van der Waals surface area contributed by atoms with Crippen LogP contribution < -0.4 is 0 Å². The van der Waals surface area contributed by atoms with Gasteiger partial charge in [-0.1, -0.05) is 67.8 Å². The molecule has 32 heavy (non-hydrogen) atoms. The largest absolute Gasteiger partial charge is 0.297 e. The van der Waals surface area contributed by atoms with Crippen LogP contribution in [-0.4, -0.2) is 56.2 Å². The highest BCUT2D eigenvalue weighted by Crippen LogP contribution is 2.34. The minimum absolute atomic E-state index is 0.192. The standard InChI is InChI=1S/C25H31FN6/c26-23-14-8-7-13-22(23)24(25-27-28-29-32(25)21-11-5-2-6-12-21)31-17-15-30(16-18-31)19-20-9-3-1-4-10-20/h1,3-4,7-10,13-14,21,24H,2,5-6,11-12,15-19H2. The maximum Gasteiger partial charge on any atom is 0.173 e. The first-order valence-corrected chi connectivity index (χ1v) is 11.8. The van der Waals surface area contributed by atoms with E-state index in [9.17, 15) is 0 Å². The average Bonchev–Trinajstić information content (AvgIpc) is 3.32. The molecule has 2 heterocycles. The zero-order chi connectivity index (χ0) is 21.8. The molecule has 0 N–H and O–H groups in total. The number of tetrazole rings is 1. The fraction of sp³-hybridized carbons (Fsp3) is 0.480. The molecule has 1 aliphatic carbocycles. The molecule has 1 atom stereocenters. The minimum Gasteiger partial charge on any atom is -0.297 e. The summed E-state index contributed by atoms with van der Waals surface area (Å²) in [6.45, 7) is 4.52. The zero-order valence-corrected chi connectivity index (χ0v) is 18.5. The van der Waals surface area contributed by atoms with Crippen molar-refractivity contribution in [3.8, 4) is 0 Å². The first-order chi connectivity index (χ1) is 15.8. The summed E-state index contributed by atoms with van der Waals surface area (Å²) in [6, 6.07) is 17.7. The van der Waals surface area contributed by atoms with Crippen LogP contribution in [0.5, 0.6) is 0 Å². The number of nitrogens with zero attached hydrogens (tertiary/aromatic N) is 6. The highest BCUT2D eigenvalue weighted by atomic mass is 19.1. The molecule has 1 unspecified atom stereocenters. The van der Waals surface area contributed by atoms with E-state index in [-0.39, 0.29) is 11.9 Å². The van der Waals surface area contributed by atoms with Gasteiger partial charge < -0.3 is 0 Å². The summed E-state index contributed by atoms with van der Waals surface area (Å²) in [7, 11) is 0. The number of piperazine rings is 1. The Balaban J connectivity index is 1.39. The van der Waals surface area contributed by atoms with Crippen LogP contribution in [0.3, 0.4) is 0 Å². The lowest BCUT2D eigenvalue weighted by molar-refractivity contribution is 0.0974. The van der Waals surface area contributed by atoms with Gasteiger partial charge in [-0.05, 0) is 34.9 Å². The SMILES string of the molecule is Fc1ccccc1C(c1nnnn1C1CCCCC1)N1CCN(Cc2ccccc2)CC1. The van der Waals surface area contributed by atoms with Crippen molar-refractivity contribution in [2.24, 2.45) is 0 Å². The Kier molecular flexibility index (Phi) is 6.55. The molecule has 5 rings (SSSR count). The molecule has 0 amide bonds. The molecular weight excluding hydrogens is 403 g/mol. The molecule has 7 heteroatoms. The Labute approximate surface area is 189 Å². The van der Waals surface area contributed by atoms with E-state index in [0.717, 1.165) is 51.4 Å². The molecule has 2 fully saturated rings. The van der Waals surface area contributed by atoms with E-state index in [0.29, 0.717) is 11.6 Å². The molecule has 3 aromatic rings. The van der Waals surface area contributed by atoms with Gasteiger partial charge in [-0.2, -0.15) is 0 Å². The Bertz CT molecular complexity index is 992. The molecule has 1 saturated carbocycles. The van der Waals surface area contributed by atoms with Gasteiger partial charge in [0, 0.05) is 38.3 Å². The zero-order valence-electron chi connectivity index (χ0n) is 18.5. The third-order valence-corrected chi connectivity index (χ3v) is 6.90. The van der Waals surface area contributed by atoms with Gasteiger partial charge in [0.1, 0.15) is 11.9 Å². The molecule has 1 aliphatic heterocycles. The predicted molar refractivity (Wildman–Crippen MR) is 121 cm³/mol. The summed E-state index contributed by atoms with van der Waals surface area (Å²) >= 11 is 0. The summed E-state index contributed by atoms with van der Waals surface area (Å²) < 4.78 is 17.0. The van der Waals surface area contributed by atoms with E-state index in [1.807, 2.05) is 16.8 Å². The molecule has 1 saturated heterocycles. The van der Waals surface area contributed by atoms with Crippen molar-refractivity contribution < 1.29 is 4.39 Å². The van der Waals surface area contributed by atoms with Gasteiger partial charge in [0.2, 0.25) is 0 Å². The molecule has 2 aromatic carbocycles. The second-order valence-electron chi connectivity index (χ2n) is 9.00. The van der Waals surface area contributed by atoms with Gasteiger partial charge in [0.05, 0.1) is 6.04 Å². The Morgan fingerprint density at radius 2 is 1.59 bits per heavy atom. The average molecular weight is 435 g/mol. The maximum absolute atomic E-state index is 15.0.